The Labute approximate surface area is 153 Å². The quantitative estimate of drug-likeness (QED) is 0.436. The van der Waals surface area contributed by atoms with Gasteiger partial charge in [0.25, 0.3) is 0 Å². The first kappa shape index (κ1) is 16.9. The van der Waals surface area contributed by atoms with Crippen LogP contribution in [0.15, 0.2) is 112 Å². The van der Waals surface area contributed by atoms with E-state index in [1.54, 1.807) is 11.8 Å². The van der Waals surface area contributed by atoms with Crippen molar-refractivity contribution in [2.75, 3.05) is 0 Å². The van der Waals surface area contributed by atoms with Gasteiger partial charge in [-0.25, -0.2) is 0 Å². The molecule has 0 fully saturated rings. The molecular formula is C22H20S2. The molecule has 24 heavy (non-hydrogen) atoms. The fraction of sp³-hybridized carbons (Fsp3) is 0.0909. The largest absolute Gasteiger partial charge is 0.118 e. The molecule has 0 saturated carbocycles. The molecule has 0 aliphatic carbocycles. The maximum absolute atomic E-state index is 2.32. The Morgan fingerprint density at radius 1 is 0.667 bits per heavy atom. The molecule has 0 aliphatic heterocycles. The van der Waals surface area contributed by atoms with Crippen molar-refractivity contribution < 1.29 is 0 Å². The standard InChI is InChI=1S/C22H20S2/c1-4-10-19(11-5-1)18-22(24-21-14-8-3-9-15-21)16-17-23-20-12-6-2-7-13-20/h1-17,22H,18H2/b17-16+. The lowest BCUT2D eigenvalue weighted by Crippen LogP contribution is -2.03. The SMILES string of the molecule is C(=C\C(Cc1ccccc1)Sc1ccccc1)/Sc1ccccc1. The van der Waals surface area contributed by atoms with E-state index in [0.29, 0.717) is 5.25 Å². The molecular weight excluding hydrogens is 328 g/mol. The highest BCUT2D eigenvalue weighted by Crippen LogP contribution is 2.28. The third-order valence-electron chi connectivity index (χ3n) is 3.55. The van der Waals surface area contributed by atoms with Crippen LogP contribution >= 0.6 is 23.5 Å². The van der Waals surface area contributed by atoms with Gasteiger partial charge in [0.1, 0.15) is 0 Å². The van der Waals surface area contributed by atoms with Crippen LogP contribution in [-0.4, -0.2) is 5.25 Å². The van der Waals surface area contributed by atoms with Gasteiger partial charge in [-0.2, -0.15) is 0 Å². The van der Waals surface area contributed by atoms with Crippen molar-refractivity contribution >= 4 is 23.5 Å². The van der Waals surface area contributed by atoms with E-state index in [4.69, 9.17) is 0 Å². The lowest BCUT2D eigenvalue weighted by Gasteiger charge is -2.13. The van der Waals surface area contributed by atoms with E-state index in [9.17, 15) is 0 Å². The highest BCUT2D eigenvalue weighted by Gasteiger charge is 2.08. The zero-order valence-electron chi connectivity index (χ0n) is 13.4. The molecule has 3 aromatic rings. The van der Waals surface area contributed by atoms with E-state index in [1.807, 2.05) is 11.8 Å². The van der Waals surface area contributed by atoms with Crippen LogP contribution in [0.2, 0.25) is 0 Å². The number of hydrogen-bond donors (Lipinski definition) is 0. The third kappa shape index (κ3) is 5.63. The van der Waals surface area contributed by atoms with Crippen LogP contribution in [0.3, 0.4) is 0 Å². The Morgan fingerprint density at radius 2 is 1.21 bits per heavy atom. The number of thioether (sulfide) groups is 2. The summed E-state index contributed by atoms with van der Waals surface area (Å²) < 4.78 is 0. The van der Waals surface area contributed by atoms with Crippen molar-refractivity contribution in [1.29, 1.82) is 0 Å². The molecule has 120 valence electrons. The van der Waals surface area contributed by atoms with Crippen LogP contribution in [0, 0.1) is 0 Å². The van der Waals surface area contributed by atoms with Crippen LogP contribution < -0.4 is 0 Å². The number of rotatable bonds is 7. The minimum atomic E-state index is 0.422. The lowest BCUT2D eigenvalue weighted by molar-refractivity contribution is 1.02. The van der Waals surface area contributed by atoms with Crippen molar-refractivity contribution in [3.8, 4) is 0 Å². The van der Waals surface area contributed by atoms with Gasteiger partial charge in [0.2, 0.25) is 0 Å². The Hall–Kier alpha value is -1.90. The van der Waals surface area contributed by atoms with E-state index in [2.05, 4.69) is 102 Å². The molecule has 2 heteroatoms. The van der Waals surface area contributed by atoms with E-state index in [1.165, 1.54) is 15.4 Å². The Balaban J connectivity index is 1.69. The van der Waals surface area contributed by atoms with E-state index in [0.717, 1.165) is 6.42 Å². The monoisotopic (exact) mass is 348 g/mol. The molecule has 0 aromatic heterocycles. The highest BCUT2D eigenvalue weighted by atomic mass is 32.2. The molecule has 0 spiro atoms. The van der Waals surface area contributed by atoms with Crippen LogP contribution in [0.4, 0.5) is 0 Å². The molecule has 0 aliphatic rings. The molecule has 0 N–H and O–H groups in total. The number of hydrogen-bond acceptors (Lipinski definition) is 2. The summed E-state index contributed by atoms with van der Waals surface area (Å²) in [6, 6.07) is 31.8. The second kappa shape index (κ2) is 9.41. The predicted molar refractivity (Wildman–Crippen MR) is 108 cm³/mol. The maximum atomic E-state index is 2.32. The average molecular weight is 349 g/mol. The van der Waals surface area contributed by atoms with Crippen LogP contribution in [-0.2, 0) is 6.42 Å². The molecule has 3 rings (SSSR count). The van der Waals surface area contributed by atoms with Crippen molar-refractivity contribution in [3.63, 3.8) is 0 Å². The lowest BCUT2D eigenvalue weighted by atomic mass is 10.1. The molecule has 0 heterocycles. The van der Waals surface area contributed by atoms with Crippen LogP contribution in [0.5, 0.6) is 0 Å². The Kier molecular flexibility index (Phi) is 6.64. The van der Waals surface area contributed by atoms with Crippen molar-refractivity contribution in [3.05, 3.63) is 108 Å². The van der Waals surface area contributed by atoms with Crippen molar-refractivity contribution in [1.82, 2.24) is 0 Å². The van der Waals surface area contributed by atoms with Gasteiger partial charge in [0, 0.05) is 15.0 Å². The van der Waals surface area contributed by atoms with Gasteiger partial charge < -0.3 is 0 Å². The topological polar surface area (TPSA) is 0 Å². The summed E-state index contributed by atoms with van der Waals surface area (Å²) in [6.07, 6.45) is 3.36. The Bertz CT molecular complexity index is 695. The number of benzene rings is 3. The molecule has 0 saturated heterocycles. The first-order chi connectivity index (χ1) is 11.9. The van der Waals surface area contributed by atoms with Gasteiger partial charge in [-0.15, -0.1) is 11.8 Å². The van der Waals surface area contributed by atoms with Gasteiger partial charge in [-0.05, 0) is 41.7 Å². The molecule has 0 amide bonds. The molecule has 0 radical (unpaired) electrons. The minimum Gasteiger partial charge on any atom is -0.118 e. The fourth-order valence-corrected chi connectivity index (χ4v) is 4.31. The molecule has 3 aromatic carbocycles. The smallest absolute Gasteiger partial charge is 0.0322 e. The van der Waals surface area contributed by atoms with Crippen LogP contribution in [0.25, 0.3) is 0 Å². The highest BCUT2D eigenvalue weighted by molar-refractivity contribution is 8.02. The molecule has 1 atom stereocenters. The molecule has 0 bridgehead atoms. The van der Waals surface area contributed by atoms with E-state index in [-0.39, 0.29) is 0 Å². The summed E-state index contributed by atoms with van der Waals surface area (Å²) in [5, 5.41) is 2.64. The third-order valence-corrected chi connectivity index (χ3v) is 5.56. The first-order valence-corrected chi connectivity index (χ1v) is 9.80. The average Bonchev–Trinajstić information content (AvgIpc) is 2.64. The summed E-state index contributed by atoms with van der Waals surface area (Å²) in [6.45, 7) is 0. The van der Waals surface area contributed by atoms with E-state index >= 15 is 0 Å². The van der Waals surface area contributed by atoms with Crippen molar-refractivity contribution in [2.45, 2.75) is 21.5 Å². The Morgan fingerprint density at radius 3 is 1.83 bits per heavy atom. The van der Waals surface area contributed by atoms with Gasteiger partial charge in [-0.1, -0.05) is 84.6 Å². The molecule has 0 nitrogen and oxygen atoms in total. The molecule has 1 unspecified atom stereocenters. The van der Waals surface area contributed by atoms with Gasteiger partial charge in [-0.3, -0.25) is 0 Å². The van der Waals surface area contributed by atoms with Gasteiger partial charge in [0.05, 0.1) is 0 Å². The fourth-order valence-electron chi connectivity index (χ4n) is 2.37. The second-order valence-electron chi connectivity index (χ2n) is 5.42. The second-order valence-corrected chi connectivity index (χ2v) is 7.71. The van der Waals surface area contributed by atoms with Crippen LogP contribution in [0.1, 0.15) is 5.56 Å². The zero-order valence-corrected chi connectivity index (χ0v) is 15.0. The summed E-state index contributed by atoms with van der Waals surface area (Å²) in [5.74, 6) is 0. The summed E-state index contributed by atoms with van der Waals surface area (Å²) in [4.78, 5) is 2.59. The van der Waals surface area contributed by atoms with Crippen molar-refractivity contribution in [2.24, 2.45) is 0 Å². The normalized spacial score (nSPS) is 12.3. The first-order valence-electron chi connectivity index (χ1n) is 8.04. The van der Waals surface area contributed by atoms with Gasteiger partial charge >= 0.3 is 0 Å². The van der Waals surface area contributed by atoms with Gasteiger partial charge in [0.15, 0.2) is 0 Å². The maximum Gasteiger partial charge on any atom is 0.0322 e. The zero-order chi connectivity index (χ0) is 16.5. The summed E-state index contributed by atoms with van der Waals surface area (Å²) in [5.41, 5.74) is 1.38. The summed E-state index contributed by atoms with van der Waals surface area (Å²) >= 11 is 3.69. The van der Waals surface area contributed by atoms with E-state index < -0.39 is 0 Å². The predicted octanol–water partition coefficient (Wildman–Crippen LogP) is 6.70. The summed E-state index contributed by atoms with van der Waals surface area (Å²) in [7, 11) is 0. The minimum absolute atomic E-state index is 0.422.